The highest BCUT2D eigenvalue weighted by atomic mass is 32.2. The lowest BCUT2D eigenvalue weighted by atomic mass is 10.0. The fraction of sp³-hybridized carbons (Fsp3) is 0.286. The molecule has 2 aromatic rings. The van der Waals surface area contributed by atoms with Gasteiger partial charge in [-0.1, -0.05) is 0 Å². The van der Waals surface area contributed by atoms with E-state index in [9.17, 15) is 14.7 Å². The van der Waals surface area contributed by atoms with E-state index in [0.717, 1.165) is 5.56 Å². The number of nitrogens with zero attached hydrogens (tertiary/aromatic N) is 2. The minimum absolute atomic E-state index is 0.419. The first-order chi connectivity index (χ1) is 11.6. The van der Waals surface area contributed by atoms with Crippen molar-refractivity contribution in [2.24, 2.45) is 5.92 Å². The summed E-state index contributed by atoms with van der Waals surface area (Å²) in [6.07, 6.45) is 1.94. The van der Waals surface area contributed by atoms with Gasteiger partial charge in [-0.05, 0) is 30.5 Å². The lowest BCUT2D eigenvalue weighted by Crippen LogP contribution is -2.62. The number of hydrogen-bond acceptors (Lipinski definition) is 7. The highest BCUT2D eigenvalue weighted by Gasteiger charge is 2.39. The third kappa shape index (κ3) is 3.40. The first-order valence-corrected chi connectivity index (χ1v) is 8.41. The molecule has 5 N–H and O–H groups in total. The van der Waals surface area contributed by atoms with E-state index in [2.05, 4.69) is 31.1 Å². The lowest BCUT2D eigenvalue weighted by molar-refractivity contribution is -0.141. The monoisotopic (exact) mass is 348 g/mol. The highest BCUT2D eigenvalue weighted by Crippen LogP contribution is 2.19. The van der Waals surface area contributed by atoms with Crippen LogP contribution in [-0.2, 0) is 9.59 Å². The normalized spacial score (nSPS) is 23.6. The highest BCUT2D eigenvalue weighted by molar-refractivity contribution is 7.99. The maximum Gasteiger partial charge on any atom is 0.241 e. The quantitative estimate of drug-likeness (QED) is 0.480. The molecule has 1 aliphatic heterocycles. The molecule has 126 valence electrons. The number of rotatable bonds is 4. The molecule has 2 amide bonds. The smallest absolute Gasteiger partial charge is 0.241 e. The van der Waals surface area contributed by atoms with E-state index >= 15 is 0 Å². The van der Waals surface area contributed by atoms with Gasteiger partial charge in [-0.3, -0.25) is 20.0 Å². The van der Waals surface area contributed by atoms with Crippen LogP contribution in [0.5, 0.6) is 0 Å². The number of nitrogens with one attached hydrogen (secondary N) is 4. The predicted octanol–water partition coefficient (Wildman–Crippen LogP) is -0.289. The van der Waals surface area contributed by atoms with Crippen molar-refractivity contribution in [3.05, 3.63) is 30.6 Å². The van der Waals surface area contributed by atoms with Crippen LogP contribution in [0.2, 0.25) is 0 Å². The summed E-state index contributed by atoms with van der Waals surface area (Å²) in [5, 5.41) is 24.5. The third-order valence-corrected chi connectivity index (χ3v) is 4.28. The number of amides is 2. The van der Waals surface area contributed by atoms with Gasteiger partial charge in [0.25, 0.3) is 0 Å². The van der Waals surface area contributed by atoms with Gasteiger partial charge < -0.3 is 15.7 Å². The number of aromatic nitrogens is 3. The number of aromatic amines is 1. The van der Waals surface area contributed by atoms with Gasteiger partial charge in [0, 0.05) is 11.3 Å². The molecule has 0 radical (unpaired) electrons. The summed E-state index contributed by atoms with van der Waals surface area (Å²) < 4.78 is 0. The summed E-state index contributed by atoms with van der Waals surface area (Å²) in [6, 6.07) is 6.88. The van der Waals surface area contributed by atoms with Crippen molar-refractivity contribution < 1.29 is 14.7 Å². The molecule has 1 aromatic heterocycles. The summed E-state index contributed by atoms with van der Waals surface area (Å²) in [5.74, 6) is -1.71. The second-order valence-corrected chi connectivity index (χ2v) is 6.06. The van der Waals surface area contributed by atoms with Crippen molar-refractivity contribution in [3.63, 3.8) is 0 Å². The number of thioether (sulfide) groups is 1. The van der Waals surface area contributed by atoms with Gasteiger partial charge in [0.1, 0.15) is 18.1 Å². The third-order valence-electron chi connectivity index (χ3n) is 3.55. The summed E-state index contributed by atoms with van der Waals surface area (Å²) in [6.45, 7) is 0. The number of benzene rings is 1. The van der Waals surface area contributed by atoms with Gasteiger partial charge in [0.2, 0.25) is 11.8 Å². The van der Waals surface area contributed by atoms with Gasteiger partial charge in [-0.2, -0.15) is 5.10 Å². The molecule has 0 bridgehead atoms. The van der Waals surface area contributed by atoms with Crippen molar-refractivity contribution in [2.75, 3.05) is 11.6 Å². The first kappa shape index (κ1) is 16.4. The number of carbonyl (C=O) groups excluding carboxylic acids is 2. The van der Waals surface area contributed by atoms with Crippen LogP contribution in [0, 0.1) is 5.92 Å². The Bertz CT molecular complexity index is 721. The van der Waals surface area contributed by atoms with Crippen LogP contribution in [0.25, 0.3) is 11.4 Å². The largest absolute Gasteiger partial charge is 0.377 e. The molecular weight excluding hydrogens is 332 g/mol. The number of aliphatic hydroxyl groups excluding tert-OH is 1. The van der Waals surface area contributed by atoms with Crippen LogP contribution in [0.15, 0.2) is 30.6 Å². The van der Waals surface area contributed by atoms with Crippen molar-refractivity contribution in [2.45, 2.75) is 11.7 Å². The molecule has 0 saturated carbocycles. The summed E-state index contributed by atoms with van der Waals surface area (Å²) >= 11 is 1.32. The molecule has 1 fully saturated rings. The van der Waals surface area contributed by atoms with Gasteiger partial charge in [-0.15, -0.1) is 11.8 Å². The van der Waals surface area contributed by atoms with E-state index in [1.807, 2.05) is 0 Å². The molecular formula is C14H16N6O3S. The van der Waals surface area contributed by atoms with Gasteiger partial charge in [0.05, 0.1) is 0 Å². The van der Waals surface area contributed by atoms with Gasteiger partial charge in [0.15, 0.2) is 11.7 Å². The average molecular weight is 348 g/mol. The number of aliphatic hydroxyl groups is 1. The van der Waals surface area contributed by atoms with Crippen molar-refractivity contribution >= 4 is 29.3 Å². The number of H-pyrrole nitrogens is 1. The minimum atomic E-state index is -1.25. The second-order valence-electron chi connectivity index (χ2n) is 5.11. The summed E-state index contributed by atoms with van der Waals surface area (Å²) in [5.41, 5.74) is 0.901. The Labute approximate surface area is 141 Å². The van der Waals surface area contributed by atoms with Gasteiger partial charge in [-0.25, -0.2) is 4.98 Å². The fourth-order valence-corrected chi connectivity index (χ4v) is 2.83. The lowest BCUT2D eigenvalue weighted by Gasteiger charge is -2.32. The molecule has 1 saturated heterocycles. The number of hydrogen-bond donors (Lipinski definition) is 5. The molecule has 10 heteroatoms. The Balaban J connectivity index is 1.67. The van der Waals surface area contributed by atoms with E-state index in [1.54, 1.807) is 30.5 Å². The molecule has 2 heterocycles. The van der Waals surface area contributed by atoms with Crippen LogP contribution < -0.4 is 16.0 Å². The van der Waals surface area contributed by atoms with Crippen LogP contribution >= 0.6 is 11.8 Å². The molecule has 0 spiro atoms. The zero-order valence-electron chi connectivity index (χ0n) is 12.7. The van der Waals surface area contributed by atoms with Crippen molar-refractivity contribution in [1.29, 1.82) is 0 Å². The van der Waals surface area contributed by atoms with Crippen LogP contribution in [0.1, 0.15) is 0 Å². The van der Waals surface area contributed by atoms with E-state index < -0.39 is 29.5 Å². The Morgan fingerprint density at radius 3 is 2.67 bits per heavy atom. The van der Waals surface area contributed by atoms with Crippen molar-refractivity contribution in [1.82, 2.24) is 25.8 Å². The Kier molecular flexibility index (Phi) is 4.79. The minimum Gasteiger partial charge on any atom is -0.377 e. The maximum atomic E-state index is 12.3. The Morgan fingerprint density at radius 2 is 2.08 bits per heavy atom. The van der Waals surface area contributed by atoms with E-state index in [4.69, 9.17) is 0 Å². The van der Waals surface area contributed by atoms with E-state index in [-0.39, 0.29) is 0 Å². The molecule has 1 aliphatic rings. The SMILES string of the molecule is CSC1NC(=O)C(C(=O)Nc2ccc(-c3ncn[nH]3)cc2)C(O)N1. The maximum absolute atomic E-state index is 12.3. The van der Waals surface area contributed by atoms with E-state index in [0.29, 0.717) is 11.5 Å². The van der Waals surface area contributed by atoms with E-state index in [1.165, 1.54) is 18.1 Å². The van der Waals surface area contributed by atoms with Crippen LogP contribution in [0.3, 0.4) is 0 Å². The molecule has 0 aliphatic carbocycles. The standard InChI is InChI=1S/C14H16N6O3S/c1-24-14-18-12(22)9(13(23)19-14)11(21)17-8-4-2-7(3-5-8)10-15-6-16-20-10/h2-6,9,12,14,18,22H,1H3,(H,17,21)(H,19,23)(H,15,16,20). The molecule has 9 nitrogen and oxygen atoms in total. The zero-order chi connectivity index (χ0) is 17.1. The first-order valence-electron chi connectivity index (χ1n) is 7.12. The molecule has 1 aromatic carbocycles. The fourth-order valence-electron chi connectivity index (χ4n) is 2.32. The second kappa shape index (κ2) is 6.99. The van der Waals surface area contributed by atoms with Crippen LogP contribution in [-0.4, -0.2) is 50.1 Å². The predicted molar refractivity (Wildman–Crippen MR) is 88.5 cm³/mol. The van der Waals surface area contributed by atoms with Crippen LogP contribution in [0.4, 0.5) is 5.69 Å². The average Bonchev–Trinajstić information content (AvgIpc) is 3.09. The zero-order valence-corrected chi connectivity index (χ0v) is 13.5. The molecule has 3 unspecified atom stereocenters. The number of anilines is 1. The number of carbonyl (C=O) groups is 2. The summed E-state index contributed by atoms with van der Waals surface area (Å²) in [7, 11) is 0. The molecule has 24 heavy (non-hydrogen) atoms. The Hall–Kier alpha value is -2.43. The topological polar surface area (TPSA) is 132 Å². The molecule has 3 rings (SSSR count). The Morgan fingerprint density at radius 1 is 1.33 bits per heavy atom. The van der Waals surface area contributed by atoms with Crippen molar-refractivity contribution in [3.8, 4) is 11.4 Å². The molecule has 3 atom stereocenters. The van der Waals surface area contributed by atoms with Gasteiger partial charge >= 0.3 is 0 Å². The summed E-state index contributed by atoms with van der Waals surface area (Å²) in [4.78, 5) is 28.3.